The summed E-state index contributed by atoms with van der Waals surface area (Å²) < 4.78 is 0. The van der Waals surface area contributed by atoms with E-state index in [1.54, 1.807) is 6.33 Å². The maximum absolute atomic E-state index is 5.91. The van der Waals surface area contributed by atoms with E-state index in [0.29, 0.717) is 5.82 Å². The van der Waals surface area contributed by atoms with Crippen molar-refractivity contribution in [3.8, 4) is 0 Å². The predicted octanol–water partition coefficient (Wildman–Crippen LogP) is 4.07. The van der Waals surface area contributed by atoms with E-state index >= 15 is 0 Å². The summed E-state index contributed by atoms with van der Waals surface area (Å²) in [7, 11) is 0. The number of H-pyrrole nitrogens is 1. The fraction of sp³-hybridized carbons (Fsp3) is 0.684. The number of likely N-dealkylation sites (tertiary alicyclic amines) is 1. The highest BCUT2D eigenvalue weighted by atomic mass is 32.2. The monoisotopic (exact) mass is 361 g/mol. The van der Waals surface area contributed by atoms with E-state index in [1.165, 1.54) is 68.7 Å². The van der Waals surface area contributed by atoms with Gasteiger partial charge in [0.05, 0.1) is 5.52 Å². The van der Waals surface area contributed by atoms with E-state index in [2.05, 4.69) is 38.5 Å². The van der Waals surface area contributed by atoms with Gasteiger partial charge in [-0.05, 0) is 43.2 Å². The Kier molecular flexibility index (Phi) is 6.99. The summed E-state index contributed by atoms with van der Waals surface area (Å²) in [6.45, 7) is 5.64. The van der Waals surface area contributed by atoms with Crippen LogP contribution in [0, 0.1) is 5.92 Å². The molecule has 6 heteroatoms. The molecule has 0 spiro atoms. The van der Waals surface area contributed by atoms with E-state index in [4.69, 9.17) is 5.73 Å². The summed E-state index contributed by atoms with van der Waals surface area (Å²) >= 11 is 2.15. The molecule has 0 saturated carbocycles. The quantitative estimate of drug-likeness (QED) is 0.624. The summed E-state index contributed by atoms with van der Waals surface area (Å²) in [5, 5.41) is 0. The fourth-order valence-corrected chi connectivity index (χ4v) is 4.76. The molecule has 5 nitrogen and oxygen atoms in total. The number of rotatable bonds is 10. The molecule has 1 aliphatic heterocycles. The summed E-state index contributed by atoms with van der Waals surface area (Å²) in [5.74, 6) is 4.05. The molecule has 1 atom stereocenters. The molecule has 25 heavy (non-hydrogen) atoms. The number of aromatic nitrogens is 3. The molecule has 138 valence electrons. The van der Waals surface area contributed by atoms with Crippen LogP contribution in [0.3, 0.4) is 0 Å². The Hall–Kier alpha value is -1.27. The van der Waals surface area contributed by atoms with Crippen molar-refractivity contribution in [1.82, 2.24) is 19.9 Å². The minimum Gasteiger partial charge on any atom is -0.382 e. The van der Waals surface area contributed by atoms with Crippen LogP contribution in [0.25, 0.3) is 11.0 Å². The minimum absolute atomic E-state index is 0.534. The summed E-state index contributed by atoms with van der Waals surface area (Å²) in [5.41, 5.74) is 8.98. The highest BCUT2D eigenvalue weighted by molar-refractivity contribution is 7.99. The van der Waals surface area contributed by atoms with Crippen LogP contribution in [-0.2, 0) is 6.54 Å². The third-order valence-electron chi connectivity index (χ3n) is 5.15. The largest absolute Gasteiger partial charge is 0.382 e. The van der Waals surface area contributed by atoms with Gasteiger partial charge in [0, 0.05) is 24.8 Å². The van der Waals surface area contributed by atoms with Crippen molar-refractivity contribution < 1.29 is 0 Å². The van der Waals surface area contributed by atoms with E-state index < -0.39 is 0 Å². The van der Waals surface area contributed by atoms with E-state index in [9.17, 15) is 0 Å². The van der Waals surface area contributed by atoms with Gasteiger partial charge < -0.3 is 10.7 Å². The first-order valence-corrected chi connectivity index (χ1v) is 10.8. The van der Waals surface area contributed by atoms with Crippen molar-refractivity contribution in [1.29, 1.82) is 0 Å². The van der Waals surface area contributed by atoms with Crippen molar-refractivity contribution in [2.24, 2.45) is 5.92 Å². The third kappa shape index (κ3) is 5.11. The van der Waals surface area contributed by atoms with Gasteiger partial charge in [-0.2, -0.15) is 11.8 Å². The summed E-state index contributed by atoms with van der Waals surface area (Å²) in [6, 6.07) is 0. The maximum atomic E-state index is 5.91. The highest BCUT2D eigenvalue weighted by Gasteiger charge is 2.23. The van der Waals surface area contributed by atoms with E-state index in [-0.39, 0.29) is 0 Å². The molecule has 3 N–H and O–H groups in total. The Balaban J connectivity index is 1.39. The first kappa shape index (κ1) is 18.5. The van der Waals surface area contributed by atoms with Gasteiger partial charge in [0.25, 0.3) is 0 Å². The molecule has 1 aliphatic rings. The number of nitrogens with zero attached hydrogens (tertiary/aromatic N) is 3. The number of nitrogen functional groups attached to an aromatic ring is 1. The summed E-state index contributed by atoms with van der Waals surface area (Å²) in [6.07, 6.45) is 11.8. The van der Waals surface area contributed by atoms with Crippen LogP contribution in [0.5, 0.6) is 0 Å². The van der Waals surface area contributed by atoms with Crippen molar-refractivity contribution in [2.75, 3.05) is 30.3 Å². The zero-order valence-electron chi connectivity index (χ0n) is 15.3. The van der Waals surface area contributed by atoms with Crippen LogP contribution in [-0.4, -0.2) is 44.4 Å². The van der Waals surface area contributed by atoms with Gasteiger partial charge in [0.1, 0.15) is 11.8 Å². The molecule has 3 heterocycles. The second kappa shape index (κ2) is 9.43. The average molecular weight is 362 g/mol. The summed E-state index contributed by atoms with van der Waals surface area (Å²) in [4.78, 5) is 14.2. The van der Waals surface area contributed by atoms with Crippen molar-refractivity contribution in [3.63, 3.8) is 0 Å². The van der Waals surface area contributed by atoms with Crippen LogP contribution in [0.1, 0.15) is 51.0 Å². The van der Waals surface area contributed by atoms with Gasteiger partial charge in [-0.15, -0.1) is 0 Å². The Morgan fingerprint density at radius 2 is 2.20 bits per heavy atom. The number of nitrogens with two attached hydrogens (primary N) is 1. The van der Waals surface area contributed by atoms with Gasteiger partial charge in [0.2, 0.25) is 0 Å². The lowest BCUT2D eigenvalue weighted by Gasteiger charge is -2.15. The number of hydrogen-bond donors (Lipinski definition) is 2. The molecular formula is C19H31N5S. The van der Waals surface area contributed by atoms with Gasteiger partial charge in [-0.1, -0.05) is 26.2 Å². The number of anilines is 1. The molecule has 0 amide bonds. The first-order valence-electron chi connectivity index (χ1n) is 9.64. The lowest BCUT2D eigenvalue weighted by molar-refractivity contribution is 0.316. The Labute approximate surface area is 155 Å². The number of fused-ring (bicyclic) bond motifs is 1. The molecule has 0 radical (unpaired) electrons. The normalized spacial score (nSPS) is 18.4. The Morgan fingerprint density at radius 3 is 3.08 bits per heavy atom. The molecule has 1 saturated heterocycles. The van der Waals surface area contributed by atoms with Gasteiger partial charge in [-0.25, -0.2) is 9.97 Å². The molecule has 0 unspecified atom stereocenters. The van der Waals surface area contributed by atoms with Crippen LogP contribution in [0.4, 0.5) is 5.82 Å². The number of thioether (sulfide) groups is 1. The highest BCUT2D eigenvalue weighted by Crippen LogP contribution is 2.26. The molecule has 0 bridgehead atoms. The van der Waals surface area contributed by atoms with Gasteiger partial charge >= 0.3 is 0 Å². The SMILES string of the molecule is CCCCCCSCC[C@@H]1CCN(Cc2c[nH]c3c(N)ncnc23)C1. The number of aromatic amines is 1. The van der Waals surface area contributed by atoms with Gasteiger partial charge in [-0.3, -0.25) is 4.90 Å². The van der Waals surface area contributed by atoms with E-state index in [0.717, 1.165) is 23.5 Å². The van der Waals surface area contributed by atoms with Crippen LogP contribution < -0.4 is 5.73 Å². The zero-order valence-corrected chi connectivity index (χ0v) is 16.2. The molecule has 0 aromatic carbocycles. The lowest BCUT2D eigenvalue weighted by Crippen LogP contribution is -2.20. The number of unbranched alkanes of at least 4 members (excludes halogenated alkanes) is 3. The van der Waals surface area contributed by atoms with Crippen molar-refractivity contribution >= 4 is 28.6 Å². The van der Waals surface area contributed by atoms with E-state index in [1.807, 2.05) is 6.20 Å². The van der Waals surface area contributed by atoms with Crippen LogP contribution in [0.15, 0.2) is 12.5 Å². The number of hydrogen-bond acceptors (Lipinski definition) is 5. The smallest absolute Gasteiger partial charge is 0.151 e. The first-order chi connectivity index (χ1) is 12.3. The molecule has 3 rings (SSSR count). The predicted molar refractivity (Wildman–Crippen MR) is 108 cm³/mol. The lowest BCUT2D eigenvalue weighted by atomic mass is 10.1. The Bertz CT molecular complexity index is 656. The second-order valence-electron chi connectivity index (χ2n) is 7.15. The number of nitrogens with one attached hydrogen (secondary N) is 1. The van der Waals surface area contributed by atoms with Crippen molar-refractivity contribution in [3.05, 3.63) is 18.1 Å². The van der Waals surface area contributed by atoms with Crippen molar-refractivity contribution in [2.45, 2.75) is 52.0 Å². The molecule has 1 fully saturated rings. The van der Waals surface area contributed by atoms with Crippen LogP contribution in [0.2, 0.25) is 0 Å². The fourth-order valence-electron chi connectivity index (χ4n) is 3.65. The topological polar surface area (TPSA) is 70.8 Å². The second-order valence-corrected chi connectivity index (χ2v) is 8.37. The van der Waals surface area contributed by atoms with Crippen LogP contribution >= 0.6 is 11.8 Å². The molecule has 0 aliphatic carbocycles. The zero-order chi connectivity index (χ0) is 17.5. The third-order valence-corrected chi connectivity index (χ3v) is 6.25. The molecular weight excluding hydrogens is 330 g/mol. The Morgan fingerprint density at radius 1 is 1.28 bits per heavy atom. The standard InChI is InChI=1S/C19H31N5S/c1-2-3-4-5-9-25-10-7-15-6-8-24(12-15)13-16-11-21-18-17(16)22-14-23-19(18)20/h11,14-15,21H,2-10,12-13H2,1H3,(H2,20,22,23)/t15-/m0/s1. The average Bonchev–Trinajstić information content (AvgIpc) is 3.23. The maximum Gasteiger partial charge on any atom is 0.151 e. The minimum atomic E-state index is 0.534. The van der Waals surface area contributed by atoms with Gasteiger partial charge in [0.15, 0.2) is 5.82 Å². The molecule has 2 aromatic heterocycles. The molecule has 2 aromatic rings.